The lowest BCUT2D eigenvalue weighted by Gasteiger charge is -2.15. The lowest BCUT2D eigenvalue weighted by Crippen LogP contribution is -2.32. The Balaban J connectivity index is 1.46. The van der Waals surface area contributed by atoms with Crippen LogP contribution >= 0.6 is 0 Å². The summed E-state index contributed by atoms with van der Waals surface area (Å²) >= 11 is 0. The van der Waals surface area contributed by atoms with Crippen LogP contribution in [0.5, 0.6) is 5.75 Å². The standard InChI is InChI=1S/C23H26N4O4/c1-16-6-5-7-17(2)21(16)25-22(29)23(30)26-24-14-18-8-10-19(11-9-18)31-15-20(28)27-12-3-4-13-27/h5-11,14H,3-4,12-13,15H2,1-2H3,(H,25,29)(H,26,30)/b24-14-. The van der Waals surface area contributed by atoms with Crippen molar-refractivity contribution in [2.45, 2.75) is 26.7 Å². The van der Waals surface area contributed by atoms with Crippen LogP contribution in [0.3, 0.4) is 0 Å². The van der Waals surface area contributed by atoms with Gasteiger partial charge in [-0.25, -0.2) is 5.43 Å². The van der Waals surface area contributed by atoms with E-state index in [1.54, 1.807) is 29.2 Å². The summed E-state index contributed by atoms with van der Waals surface area (Å²) in [5.41, 5.74) is 5.27. The van der Waals surface area contributed by atoms with Gasteiger partial charge in [-0.3, -0.25) is 14.4 Å². The number of nitrogens with one attached hydrogen (secondary N) is 2. The molecule has 0 aliphatic carbocycles. The van der Waals surface area contributed by atoms with Gasteiger partial charge < -0.3 is 15.0 Å². The summed E-state index contributed by atoms with van der Waals surface area (Å²) < 4.78 is 5.53. The van der Waals surface area contributed by atoms with Gasteiger partial charge in [-0.15, -0.1) is 0 Å². The van der Waals surface area contributed by atoms with Gasteiger partial charge in [0.05, 0.1) is 6.21 Å². The Kier molecular flexibility index (Phi) is 7.37. The van der Waals surface area contributed by atoms with Gasteiger partial charge in [-0.05, 0) is 67.6 Å². The zero-order valence-electron chi connectivity index (χ0n) is 17.7. The van der Waals surface area contributed by atoms with Crippen molar-refractivity contribution in [3.8, 4) is 5.75 Å². The van der Waals surface area contributed by atoms with Crippen LogP contribution < -0.4 is 15.5 Å². The molecule has 3 amide bonds. The maximum absolute atomic E-state index is 12.1. The molecule has 1 aliphatic rings. The van der Waals surface area contributed by atoms with Gasteiger partial charge in [-0.2, -0.15) is 5.10 Å². The van der Waals surface area contributed by atoms with E-state index in [4.69, 9.17) is 4.74 Å². The van der Waals surface area contributed by atoms with E-state index in [0.717, 1.165) is 37.1 Å². The highest BCUT2D eigenvalue weighted by atomic mass is 16.5. The van der Waals surface area contributed by atoms with E-state index >= 15 is 0 Å². The molecule has 1 fully saturated rings. The predicted molar refractivity (Wildman–Crippen MR) is 118 cm³/mol. The van der Waals surface area contributed by atoms with Gasteiger partial charge in [0, 0.05) is 18.8 Å². The van der Waals surface area contributed by atoms with Crippen LogP contribution in [0.1, 0.15) is 29.5 Å². The number of hydrogen-bond donors (Lipinski definition) is 2. The molecule has 0 bridgehead atoms. The van der Waals surface area contributed by atoms with Crippen molar-refractivity contribution in [2.24, 2.45) is 5.10 Å². The molecule has 0 atom stereocenters. The fourth-order valence-corrected chi connectivity index (χ4v) is 3.25. The fraction of sp³-hybridized carbons (Fsp3) is 0.304. The van der Waals surface area contributed by atoms with Crippen molar-refractivity contribution in [1.82, 2.24) is 10.3 Å². The highest BCUT2D eigenvalue weighted by molar-refractivity contribution is 6.39. The van der Waals surface area contributed by atoms with Crippen LogP contribution in [0.25, 0.3) is 0 Å². The Morgan fingerprint density at radius 2 is 1.65 bits per heavy atom. The highest BCUT2D eigenvalue weighted by Gasteiger charge is 2.18. The van der Waals surface area contributed by atoms with Gasteiger partial charge >= 0.3 is 11.8 Å². The quantitative estimate of drug-likeness (QED) is 0.424. The number of ether oxygens (including phenoxy) is 1. The molecule has 1 aliphatic heterocycles. The van der Waals surface area contributed by atoms with Gasteiger partial charge in [-0.1, -0.05) is 18.2 Å². The smallest absolute Gasteiger partial charge is 0.329 e. The summed E-state index contributed by atoms with van der Waals surface area (Å²) in [6.45, 7) is 5.32. The number of nitrogens with zero attached hydrogens (tertiary/aromatic N) is 2. The molecule has 2 aromatic carbocycles. The molecule has 1 saturated heterocycles. The third-order valence-corrected chi connectivity index (χ3v) is 5.01. The number of para-hydroxylation sites is 1. The van der Waals surface area contributed by atoms with E-state index < -0.39 is 11.8 Å². The molecule has 1 heterocycles. The first-order valence-electron chi connectivity index (χ1n) is 10.2. The number of hydrogen-bond acceptors (Lipinski definition) is 5. The van der Waals surface area contributed by atoms with Gasteiger partial charge in [0.1, 0.15) is 5.75 Å². The second-order valence-corrected chi connectivity index (χ2v) is 7.37. The number of anilines is 1. The van der Waals surface area contributed by atoms with Crippen LogP contribution in [0.15, 0.2) is 47.6 Å². The van der Waals surface area contributed by atoms with Crippen molar-refractivity contribution in [3.63, 3.8) is 0 Å². The minimum atomic E-state index is -0.862. The van der Waals surface area contributed by atoms with E-state index in [1.165, 1.54) is 6.21 Å². The summed E-state index contributed by atoms with van der Waals surface area (Å²) in [6, 6.07) is 12.5. The normalized spacial score (nSPS) is 13.3. The molecule has 8 heteroatoms. The molecule has 3 rings (SSSR count). The second-order valence-electron chi connectivity index (χ2n) is 7.37. The fourth-order valence-electron chi connectivity index (χ4n) is 3.25. The largest absolute Gasteiger partial charge is 0.484 e. The molecular formula is C23H26N4O4. The molecule has 31 heavy (non-hydrogen) atoms. The van der Waals surface area contributed by atoms with Crippen molar-refractivity contribution in [1.29, 1.82) is 0 Å². The summed E-state index contributed by atoms with van der Waals surface area (Å²) in [6.07, 6.45) is 3.51. The molecule has 0 spiro atoms. The molecule has 2 N–H and O–H groups in total. The van der Waals surface area contributed by atoms with E-state index in [2.05, 4.69) is 15.8 Å². The first-order chi connectivity index (χ1) is 14.9. The van der Waals surface area contributed by atoms with Crippen LogP contribution in [0.2, 0.25) is 0 Å². The van der Waals surface area contributed by atoms with Crippen molar-refractivity contribution >= 4 is 29.6 Å². The molecule has 162 valence electrons. The van der Waals surface area contributed by atoms with Crippen molar-refractivity contribution in [2.75, 3.05) is 25.0 Å². The maximum Gasteiger partial charge on any atom is 0.329 e. The minimum absolute atomic E-state index is 0.00924. The molecule has 0 aromatic heterocycles. The summed E-state index contributed by atoms with van der Waals surface area (Å²) in [5, 5.41) is 6.42. The van der Waals surface area contributed by atoms with Gasteiger partial charge in [0.25, 0.3) is 5.91 Å². The third-order valence-electron chi connectivity index (χ3n) is 5.01. The molecule has 0 unspecified atom stereocenters. The van der Waals surface area contributed by atoms with Crippen LogP contribution in [0.4, 0.5) is 5.69 Å². The Morgan fingerprint density at radius 3 is 2.29 bits per heavy atom. The Hall–Kier alpha value is -3.68. The van der Waals surface area contributed by atoms with Crippen molar-refractivity contribution in [3.05, 3.63) is 59.2 Å². The number of carbonyl (C=O) groups excluding carboxylic acids is 3. The second kappa shape index (κ2) is 10.4. The van der Waals surface area contributed by atoms with E-state index in [1.807, 2.05) is 32.0 Å². The van der Waals surface area contributed by atoms with Gasteiger partial charge in [0.2, 0.25) is 0 Å². The first-order valence-corrected chi connectivity index (χ1v) is 10.2. The Bertz CT molecular complexity index is 959. The number of aryl methyl sites for hydroxylation is 2. The van der Waals surface area contributed by atoms with E-state index in [0.29, 0.717) is 17.0 Å². The average molecular weight is 422 g/mol. The third kappa shape index (κ3) is 6.15. The monoisotopic (exact) mass is 422 g/mol. The van der Waals surface area contributed by atoms with E-state index in [-0.39, 0.29) is 12.5 Å². The number of likely N-dealkylation sites (tertiary alicyclic amines) is 1. The Labute approximate surface area is 181 Å². The van der Waals surface area contributed by atoms with Crippen LogP contribution in [-0.2, 0) is 14.4 Å². The number of amides is 3. The van der Waals surface area contributed by atoms with Crippen LogP contribution in [0, 0.1) is 13.8 Å². The highest BCUT2D eigenvalue weighted by Crippen LogP contribution is 2.19. The topological polar surface area (TPSA) is 100 Å². The zero-order valence-corrected chi connectivity index (χ0v) is 17.7. The number of rotatable bonds is 6. The molecular weight excluding hydrogens is 396 g/mol. The SMILES string of the molecule is Cc1cccc(C)c1NC(=O)C(=O)N/N=C\c1ccc(OCC(=O)N2CCCC2)cc1. The lowest BCUT2D eigenvalue weighted by atomic mass is 10.1. The maximum atomic E-state index is 12.1. The first kappa shape index (κ1) is 22.0. The summed E-state index contributed by atoms with van der Waals surface area (Å²) in [5.74, 6) is -1.09. The minimum Gasteiger partial charge on any atom is -0.484 e. The summed E-state index contributed by atoms with van der Waals surface area (Å²) in [4.78, 5) is 37.9. The number of carbonyl (C=O) groups is 3. The number of benzene rings is 2. The van der Waals surface area contributed by atoms with Crippen LogP contribution in [-0.4, -0.2) is 48.5 Å². The predicted octanol–water partition coefficient (Wildman–Crippen LogP) is 2.39. The zero-order chi connectivity index (χ0) is 22.2. The average Bonchev–Trinajstić information content (AvgIpc) is 3.30. The van der Waals surface area contributed by atoms with Crippen molar-refractivity contribution < 1.29 is 19.1 Å². The molecule has 0 radical (unpaired) electrons. The molecule has 0 saturated carbocycles. The Morgan fingerprint density at radius 1 is 1.00 bits per heavy atom. The molecule has 2 aromatic rings. The van der Waals surface area contributed by atoms with Gasteiger partial charge in [0.15, 0.2) is 6.61 Å². The summed E-state index contributed by atoms with van der Waals surface area (Å²) in [7, 11) is 0. The number of hydrazone groups is 1. The lowest BCUT2D eigenvalue weighted by molar-refractivity contribution is -0.136. The molecule has 8 nitrogen and oxygen atoms in total. The van der Waals surface area contributed by atoms with E-state index in [9.17, 15) is 14.4 Å².